The third kappa shape index (κ3) is 4.58. The van der Waals surface area contributed by atoms with E-state index in [1.54, 1.807) is 14.2 Å². The van der Waals surface area contributed by atoms with Crippen LogP contribution in [0.3, 0.4) is 0 Å². The van der Waals surface area contributed by atoms with Gasteiger partial charge in [0, 0.05) is 12.1 Å². The van der Waals surface area contributed by atoms with Crippen LogP contribution in [0, 0.1) is 0 Å². The fraction of sp³-hybridized carbons (Fsp3) is 0.194. The number of piperidine rings is 1. The van der Waals surface area contributed by atoms with Crippen molar-refractivity contribution in [3.8, 4) is 11.5 Å². The Labute approximate surface area is 206 Å². The number of rotatable bonds is 6. The molecule has 0 saturated carbocycles. The highest BCUT2D eigenvalue weighted by atomic mass is 16.5. The van der Waals surface area contributed by atoms with E-state index in [9.17, 15) is 4.79 Å². The molecule has 0 aromatic heterocycles. The average molecular weight is 464 g/mol. The number of nitrogens with one attached hydrogen (secondary N) is 1. The third-order valence-electron chi connectivity index (χ3n) is 6.91. The lowest BCUT2D eigenvalue weighted by atomic mass is 9.70. The molecule has 1 aliphatic heterocycles. The summed E-state index contributed by atoms with van der Waals surface area (Å²) < 4.78 is 10.8. The van der Waals surface area contributed by atoms with Crippen LogP contribution in [-0.2, 0) is 4.79 Å². The first-order valence-electron chi connectivity index (χ1n) is 11.9. The van der Waals surface area contributed by atoms with Gasteiger partial charge in [-0.15, -0.1) is 0 Å². The van der Waals surface area contributed by atoms with Crippen molar-refractivity contribution in [3.05, 3.63) is 131 Å². The molecule has 1 heterocycles. The molecule has 4 nitrogen and oxygen atoms in total. The van der Waals surface area contributed by atoms with Gasteiger partial charge in [0.1, 0.15) is 11.5 Å². The zero-order chi connectivity index (χ0) is 24.2. The molecule has 0 aliphatic carbocycles. The van der Waals surface area contributed by atoms with Gasteiger partial charge in [-0.1, -0.05) is 84.9 Å². The van der Waals surface area contributed by atoms with E-state index in [1.807, 2.05) is 84.9 Å². The molecule has 35 heavy (non-hydrogen) atoms. The first-order chi connectivity index (χ1) is 17.2. The van der Waals surface area contributed by atoms with Gasteiger partial charge in [0.25, 0.3) is 0 Å². The van der Waals surface area contributed by atoms with E-state index in [-0.39, 0.29) is 29.7 Å². The highest BCUT2D eigenvalue weighted by Crippen LogP contribution is 2.47. The van der Waals surface area contributed by atoms with Crippen molar-refractivity contribution in [3.63, 3.8) is 0 Å². The summed E-state index contributed by atoms with van der Waals surface area (Å²) in [7, 11) is 3.32. The van der Waals surface area contributed by atoms with E-state index in [0.29, 0.717) is 0 Å². The number of carbonyl (C=O) groups excluding carboxylic acids is 1. The van der Waals surface area contributed by atoms with Crippen LogP contribution in [0.2, 0.25) is 0 Å². The first kappa shape index (κ1) is 22.9. The largest absolute Gasteiger partial charge is 0.497 e. The number of methoxy groups -OCH3 is 2. The Morgan fingerprint density at radius 1 is 0.514 bits per heavy atom. The maximum atomic E-state index is 14.5. The first-order valence-corrected chi connectivity index (χ1v) is 11.9. The highest BCUT2D eigenvalue weighted by Gasteiger charge is 2.45. The number of ether oxygens (including phenoxy) is 2. The van der Waals surface area contributed by atoms with E-state index in [0.717, 1.165) is 33.8 Å². The number of hydrogen-bond donors (Lipinski definition) is 1. The minimum atomic E-state index is -0.329. The zero-order valence-electron chi connectivity index (χ0n) is 19.9. The summed E-state index contributed by atoms with van der Waals surface area (Å²) in [5, 5.41) is 3.89. The normalized spacial score (nSPS) is 21.9. The molecule has 1 saturated heterocycles. The second-order valence-corrected chi connectivity index (χ2v) is 8.85. The maximum Gasteiger partial charge on any atom is 0.151 e. The smallest absolute Gasteiger partial charge is 0.151 e. The summed E-state index contributed by atoms with van der Waals surface area (Å²) in [5.74, 6) is 1.14. The van der Waals surface area contributed by atoms with Crippen molar-refractivity contribution in [2.24, 2.45) is 0 Å². The predicted molar refractivity (Wildman–Crippen MR) is 138 cm³/mol. The highest BCUT2D eigenvalue weighted by molar-refractivity contribution is 5.94. The van der Waals surface area contributed by atoms with E-state index in [2.05, 4.69) is 29.6 Å². The minimum absolute atomic E-state index is 0.192. The number of benzene rings is 4. The average Bonchev–Trinajstić information content (AvgIpc) is 2.93. The van der Waals surface area contributed by atoms with Crippen LogP contribution in [0.15, 0.2) is 109 Å². The van der Waals surface area contributed by atoms with Gasteiger partial charge >= 0.3 is 0 Å². The summed E-state index contributed by atoms with van der Waals surface area (Å²) in [6.07, 6.45) is 0. The molecule has 4 aromatic carbocycles. The Hall–Kier alpha value is -3.89. The Morgan fingerprint density at radius 2 is 0.886 bits per heavy atom. The van der Waals surface area contributed by atoms with Gasteiger partial charge in [-0.3, -0.25) is 4.79 Å². The van der Waals surface area contributed by atoms with E-state index < -0.39 is 0 Å². The van der Waals surface area contributed by atoms with Crippen molar-refractivity contribution < 1.29 is 14.3 Å². The van der Waals surface area contributed by atoms with Crippen LogP contribution in [0.4, 0.5) is 0 Å². The molecule has 1 aliphatic rings. The number of ketones is 1. The molecule has 5 rings (SSSR count). The molecule has 4 heteroatoms. The summed E-state index contributed by atoms with van der Waals surface area (Å²) in [6, 6.07) is 35.8. The predicted octanol–water partition coefficient (Wildman–Crippen LogP) is 6.23. The molecule has 0 spiro atoms. The van der Waals surface area contributed by atoms with Crippen LogP contribution < -0.4 is 14.8 Å². The van der Waals surface area contributed by atoms with Gasteiger partial charge in [0.05, 0.1) is 26.1 Å². The summed E-state index contributed by atoms with van der Waals surface area (Å²) in [5.41, 5.74) is 4.14. The van der Waals surface area contributed by atoms with Crippen molar-refractivity contribution >= 4 is 5.78 Å². The molecule has 4 atom stereocenters. The standard InChI is InChI=1S/C31H29NO3/c1-34-25-17-13-23(14-18-25)29-27(21-9-5-3-6-10-21)31(33)28(22-11-7-4-8-12-22)30(32-29)24-15-19-26(35-2)20-16-24/h3-20,27-30,32H,1-2H3/t27-,28-,29-,30+/m0/s1. The van der Waals surface area contributed by atoms with Gasteiger partial charge < -0.3 is 14.8 Å². The summed E-state index contributed by atoms with van der Waals surface area (Å²) in [6.45, 7) is 0. The SMILES string of the molecule is COc1ccc([C@H]2N[C@@H](c3ccc(OC)cc3)[C@H](c3ccccc3)C(=O)[C@H]2c2ccccc2)cc1. The fourth-order valence-corrected chi connectivity index (χ4v) is 5.14. The molecular weight excluding hydrogens is 434 g/mol. The van der Waals surface area contributed by atoms with Crippen molar-refractivity contribution in [2.75, 3.05) is 14.2 Å². The second kappa shape index (κ2) is 10.2. The molecule has 0 radical (unpaired) electrons. The molecule has 176 valence electrons. The van der Waals surface area contributed by atoms with Gasteiger partial charge in [-0.25, -0.2) is 0 Å². The van der Waals surface area contributed by atoms with E-state index in [1.165, 1.54) is 0 Å². The van der Waals surface area contributed by atoms with Crippen molar-refractivity contribution in [1.29, 1.82) is 0 Å². The lowest BCUT2D eigenvalue weighted by molar-refractivity contribution is -0.125. The second-order valence-electron chi connectivity index (χ2n) is 8.85. The van der Waals surface area contributed by atoms with E-state index >= 15 is 0 Å². The number of hydrogen-bond acceptors (Lipinski definition) is 4. The minimum Gasteiger partial charge on any atom is -0.497 e. The summed E-state index contributed by atoms with van der Waals surface area (Å²) >= 11 is 0. The maximum absolute atomic E-state index is 14.5. The molecular formula is C31H29NO3. The van der Waals surface area contributed by atoms with E-state index in [4.69, 9.17) is 9.47 Å². The van der Waals surface area contributed by atoms with Crippen molar-refractivity contribution in [1.82, 2.24) is 5.32 Å². The van der Waals surface area contributed by atoms with Crippen LogP contribution in [0.5, 0.6) is 11.5 Å². The summed E-state index contributed by atoms with van der Waals surface area (Å²) in [4.78, 5) is 14.5. The quantitative estimate of drug-likeness (QED) is 0.368. The molecule has 0 bridgehead atoms. The Morgan fingerprint density at radius 3 is 1.23 bits per heavy atom. The van der Waals surface area contributed by atoms with Crippen LogP contribution >= 0.6 is 0 Å². The Balaban J connectivity index is 1.64. The van der Waals surface area contributed by atoms with Crippen LogP contribution in [-0.4, -0.2) is 20.0 Å². The van der Waals surface area contributed by atoms with Gasteiger partial charge in [-0.05, 0) is 46.5 Å². The molecule has 0 amide bonds. The molecule has 4 aromatic rings. The number of carbonyl (C=O) groups is 1. The van der Waals surface area contributed by atoms with Crippen LogP contribution in [0.25, 0.3) is 0 Å². The monoisotopic (exact) mass is 463 g/mol. The lowest BCUT2D eigenvalue weighted by Gasteiger charge is -2.42. The van der Waals surface area contributed by atoms with Gasteiger partial charge in [0.15, 0.2) is 5.78 Å². The topological polar surface area (TPSA) is 47.6 Å². The Bertz CT molecular complexity index is 1160. The molecule has 0 unspecified atom stereocenters. The number of Topliss-reactive ketones (excluding diaryl/α,β-unsaturated/α-hetero) is 1. The Kier molecular flexibility index (Phi) is 6.64. The van der Waals surface area contributed by atoms with Gasteiger partial charge in [-0.2, -0.15) is 0 Å². The third-order valence-corrected chi connectivity index (χ3v) is 6.91. The van der Waals surface area contributed by atoms with Gasteiger partial charge in [0.2, 0.25) is 0 Å². The zero-order valence-corrected chi connectivity index (χ0v) is 19.9. The molecule has 1 N–H and O–H groups in total. The fourth-order valence-electron chi connectivity index (χ4n) is 5.14. The van der Waals surface area contributed by atoms with Crippen molar-refractivity contribution in [2.45, 2.75) is 23.9 Å². The van der Waals surface area contributed by atoms with Crippen LogP contribution in [0.1, 0.15) is 46.2 Å². The molecule has 1 fully saturated rings. The lowest BCUT2D eigenvalue weighted by Crippen LogP contribution is -2.46.